The van der Waals surface area contributed by atoms with Crippen molar-refractivity contribution in [3.63, 3.8) is 0 Å². The number of nitriles is 1. The van der Waals surface area contributed by atoms with Crippen molar-refractivity contribution in [3.8, 4) is 6.07 Å². The highest BCUT2D eigenvalue weighted by Gasteiger charge is 2.67. The topological polar surface area (TPSA) is 82.0 Å². The van der Waals surface area contributed by atoms with Crippen molar-refractivity contribution in [2.75, 3.05) is 10.6 Å². The molecular weight excluding hydrogens is 523 g/mol. The van der Waals surface area contributed by atoms with Crippen molar-refractivity contribution in [2.45, 2.75) is 10.3 Å². The Morgan fingerprint density at radius 3 is 2.15 bits per heavy atom. The van der Waals surface area contributed by atoms with Gasteiger partial charge in [-0.1, -0.05) is 23.2 Å². The number of amides is 2. The van der Waals surface area contributed by atoms with Gasteiger partial charge in [-0.3, -0.25) is 9.59 Å². The smallest absolute Gasteiger partial charge is 0.257 e. The standard InChI is InChI=1S/C24H14Cl4FN3O2/c25-14-7-13(8-15(26)9-14)20-21(24(20,27)28)23(34)32-18-4-1-12(11-30)19(10-18)22(33)31-17-5-2-16(29)3-6-17/h1-10,20-21H,(H,31,33)(H,32,34)/t20-,21+/m0/s1. The number of carbonyl (C=O) groups is 2. The molecule has 0 unspecified atom stereocenters. The Hall–Kier alpha value is -2.82. The minimum absolute atomic E-state index is 0.0293. The Morgan fingerprint density at radius 2 is 1.53 bits per heavy atom. The predicted molar refractivity (Wildman–Crippen MR) is 131 cm³/mol. The summed E-state index contributed by atoms with van der Waals surface area (Å²) in [7, 11) is 0. The summed E-state index contributed by atoms with van der Waals surface area (Å²) in [6, 6.07) is 16.2. The minimum Gasteiger partial charge on any atom is -0.326 e. The van der Waals surface area contributed by atoms with Crippen LogP contribution in [0.4, 0.5) is 15.8 Å². The fraction of sp³-hybridized carbons (Fsp3) is 0.125. The molecule has 5 nitrogen and oxygen atoms in total. The molecule has 0 heterocycles. The molecule has 34 heavy (non-hydrogen) atoms. The zero-order valence-corrected chi connectivity index (χ0v) is 20.1. The third-order valence-electron chi connectivity index (χ3n) is 5.33. The van der Waals surface area contributed by atoms with Gasteiger partial charge in [-0.2, -0.15) is 5.26 Å². The van der Waals surface area contributed by atoms with E-state index in [9.17, 15) is 19.2 Å². The Balaban J connectivity index is 1.54. The van der Waals surface area contributed by atoms with E-state index in [2.05, 4.69) is 10.6 Å². The molecule has 2 N–H and O–H groups in total. The summed E-state index contributed by atoms with van der Waals surface area (Å²) in [5.74, 6) is -2.85. The molecule has 2 atom stereocenters. The van der Waals surface area contributed by atoms with Gasteiger partial charge in [0, 0.05) is 27.3 Å². The van der Waals surface area contributed by atoms with E-state index in [-0.39, 0.29) is 16.8 Å². The third-order valence-corrected chi connectivity index (χ3v) is 6.71. The SMILES string of the molecule is N#Cc1ccc(NC(=O)[C@H]2[C@H](c3cc(Cl)cc(Cl)c3)C2(Cl)Cl)cc1C(=O)Nc1ccc(F)cc1. The second-order valence-corrected chi connectivity index (χ2v) is 9.97. The Morgan fingerprint density at radius 1 is 0.912 bits per heavy atom. The lowest BCUT2D eigenvalue weighted by molar-refractivity contribution is -0.117. The van der Waals surface area contributed by atoms with Crippen molar-refractivity contribution in [1.29, 1.82) is 5.26 Å². The summed E-state index contributed by atoms with van der Waals surface area (Å²) >= 11 is 24.9. The van der Waals surface area contributed by atoms with E-state index in [1.807, 2.05) is 6.07 Å². The molecule has 0 aromatic heterocycles. The molecule has 2 amide bonds. The lowest BCUT2D eigenvalue weighted by Crippen LogP contribution is -2.18. The molecule has 0 radical (unpaired) electrons. The summed E-state index contributed by atoms with van der Waals surface area (Å²) < 4.78 is 11.7. The molecule has 1 aliphatic carbocycles. The summed E-state index contributed by atoms with van der Waals surface area (Å²) in [6.45, 7) is 0. The van der Waals surface area contributed by atoms with Crippen molar-refractivity contribution in [1.82, 2.24) is 0 Å². The molecule has 0 saturated heterocycles. The molecule has 4 rings (SSSR count). The van der Waals surface area contributed by atoms with E-state index in [1.165, 1.54) is 42.5 Å². The van der Waals surface area contributed by atoms with Crippen LogP contribution in [-0.4, -0.2) is 16.1 Å². The fourth-order valence-electron chi connectivity index (χ4n) is 3.68. The maximum Gasteiger partial charge on any atom is 0.257 e. The van der Waals surface area contributed by atoms with Crippen LogP contribution in [0, 0.1) is 23.1 Å². The molecule has 1 saturated carbocycles. The number of hydrogen-bond donors (Lipinski definition) is 2. The van der Waals surface area contributed by atoms with Crippen LogP contribution >= 0.6 is 46.4 Å². The van der Waals surface area contributed by atoms with E-state index in [1.54, 1.807) is 18.2 Å². The summed E-state index contributed by atoms with van der Waals surface area (Å²) in [4.78, 5) is 25.7. The first-order chi connectivity index (χ1) is 16.1. The van der Waals surface area contributed by atoms with Crippen LogP contribution in [0.3, 0.4) is 0 Å². The molecule has 3 aromatic rings. The Bertz CT molecular complexity index is 1320. The maximum atomic E-state index is 13.1. The van der Waals surface area contributed by atoms with E-state index in [0.29, 0.717) is 21.3 Å². The van der Waals surface area contributed by atoms with Crippen LogP contribution in [0.1, 0.15) is 27.4 Å². The number of carbonyl (C=O) groups excluding carboxylic acids is 2. The highest BCUT2D eigenvalue weighted by molar-refractivity contribution is 6.53. The van der Waals surface area contributed by atoms with Gasteiger partial charge in [0.2, 0.25) is 5.91 Å². The van der Waals surface area contributed by atoms with Gasteiger partial charge in [-0.15, -0.1) is 23.2 Å². The number of anilines is 2. The second-order valence-electron chi connectivity index (χ2n) is 7.66. The van der Waals surface area contributed by atoms with Crippen LogP contribution in [0.25, 0.3) is 0 Å². The summed E-state index contributed by atoms with van der Waals surface area (Å²) in [6.07, 6.45) is 0. The van der Waals surface area contributed by atoms with Crippen LogP contribution in [0.15, 0.2) is 60.7 Å². The minimum atomic E-state index is -1.37. The normalized spacial score (nSPS) is 18.0. The van der Waals surface area contributed by atoms with Crippen LogP contribution in [-0.2, 0) is 4.79 Å². The average Bonchev–Trinajstić information content (AvgIpc) is 3.36. The highest BCUT2D eigenvalue weighted by atomic mass is 35.5. The average molecular weight is 537 g/mol. The van der Waals surface area contributed by atoms with Gasteiger partial charge in [0.1, 0.15) is 10.2 Å². The molecule has 1 aliphatic rings. The van der Waals surface area contributed by atoms with Crippen molar-refractivity contribution in [2.24, 2.45) is 5.92 Å². The summed E-state index contributed by atoms with van der Waals surface area (Å²) in [5.41, 5.74) is 1.37. The largest absolute Gasteiger partial charge is 0.326 e. The first-order valence-electron chi connectivity index (χ1n) is 9.86. The monoisotopic (exact) mass is 535 g/mol. The number of benzene rings is 3. The zero-order valence-electron chi connectivity index (χ0n) is 17.1. The van der Waals surface area contributed by atoms with E-state index >= 15 is 0 Å². The Labute approximate surface area is 214 Å². The number of rotatable bonds is 5. The van der Waals surface area contributed by atoms with Crippen molar-refractivity contribution >= 4 is 69.6 Å². The number of hydrogen-bond acceptors (Lipinski definition) is 3. The van der Waals surface area contributed by atoms with Crippen LogP contribution in [0.2, 0.25) is 10.0 Å². The molecule has 0 bridgehead atoms. The molecule has 1 fully saturated rings. The molecule has 3 aromatic carbocycles. The van der Waals surface area contributed by atoms with E-state index in [0.717, 1.165) is 0 Å². The van der Waals surface area contributed by atoms with E-state index in [4.69, 9.17) is 46.4 Å². The lowest BCUT2D eigenvalue weighted by Gasteiger charge is -2.10. The number of alkyl halides is 2. The molecule has 172 valence electrons. The number of nitrogens with one attached hydrogen (secondary N) is 2. The van der Waals surface area contributed by atoms with Crippen molar-refractivity contribution in [3.05, 3.63) is 93.2 Å². The predicted octanol–water partition coefficient (Wildman–Crippen LogP) is 6.78. The third kappa shape index (κ3) is 4.98. The molecule has 0 spiro atoms. The first kappa shape index (κ1) is 24.3. The van der Waals surface area contributed by atoms with E-state index < -0.39 is 33.8 Å². The second kappa shape index (κ2) is 9.44. The van der Waals surface area contributed by atoms with Crippen molar-refractivity contribution < 1.29 is 14.0 Å². The lowest BCUT2D eigenvalue weighted by atomic mass is 10.1. The summed E-state index contributed by atoms with van der Waals surface area (Å²) in [5, 5.41) is 15.5. The molecule has 0 aliphatic heterocycles. The highest BCUT2D eigenvalue weighted by Crippen LogP contribution is 2.65. The van der Waals surface area contributed by atoms with Gasteiger partial charge >= 0.3 is 0 Å². The molecular formula is C24H14Cl4FN3O2. The van der Waals surface area contributed by atoms with Gasteiger partial charge < -0.3 is 10.6 Å². The van der Waals surface area contributed by atoms with Gasteiger partial charge in [0.25, 0.3) is 5.91 Å². The van der Waals surface area contributed by atoms with Gasteiger partial charge in [-0.25, -0.2) is 4.39 Å². The Kier molecular flexibility index (Phi) is 6.75. The number of halogens is 5. The molecule has 10 heteroatoms. The first-order valence-corrected chi connectivity index (χ1v) is 11.4. The quantitative estimate of drug-likeness (QED) is 0.352. The fourth-order valence-corrected chi connectivity index (χ4v) is 5.05. The van der Waals surface area contributed by atoms with Crippen LogP contribution < -0.4 is 10.6 Å². The maximum absolute atomic E-state index is 13.1. The number of nitrogens with zero attached hydrogens (tertiary/aromatic N) is 1. The van der Waals surface area contributed by atoms with Gasteiger partial charge in [0.15, 0.2) is 0 Å². The van der Waals surface area contributed by atoms with Gasteiger partial charge in [0.05, 0.1) is 23.1 Å². The van der Waals surface area contributed by atoms with Crippen LogP contribution in [0.5, 0.6) is 0 Å². The van der Waals surface area contributed by atoms with Gasteiger partial charge in [-0.05, 0) is 66.2 Å². The zero-order chi connectivity index (χ0) is 24.6.